The molecule has 2 rings (SSSR count). The van der Waals surface area contributed by atoms with E-state index in [9.17, 15) is 9.59 Å². The Bertz CT molecular complexity index is 459. The van der Waals surface area contributed by atoms with E-state index in [1.165, 1.54) is 4.90 Å². The van der Waals surface area contributed by atoms with Crippen LogP contribution in [0.1, 0.15) is 25.1 Å². The number of nitrogens with one attached hydrogen (secondary N) is 1. The Balaban J connectivity index is 1.97. The fourth-order valence-electron chi connectivity index (χ4n) is 2.17. The fraction of sp³-hybridized carbons (Fsp3) is 0.538. The first-order chi connectivity index (χ1) is 9.58. The first kappa shape index (κ1) is 14.4. The molecule has 0 spiro atoms. The summed E-state index contributed by atoms with van der Waals surface area (Å²) in [6.45, 7) is 2.85. The third-order valence-corrected chi connectivity index (χ3v) is 3.21. The summed E-state index contributed by atoms with van der Waals surface area (Å²) in [5, 5.41) is 11.7. The van der Waals surface area contributed by atoms with Gasteiger partial charge in [-0.05, 0) is 19.1 Å². The Morgan fingerprint density at radius 2 is 2.40 bits per heavy atom. The summed E-state index contributed by atoms with van der Waals surface area (Å²) < 4.78 is 10.5. The molecule has 1 saturated heterocycles. The molecule has 1 aliphatic rings. The normalized spacial score (nSPS) is 20.4. The number of morpholine rings is 1. The molecule has 20 heavy (non-hydrogen) atoms. The molecular formula is C13H18N2O5. The molecule has 0 aliphatic carbocycles. The topological polar surface area (TPSA) is 92.0 Å². The van der Waals surface area contributed by atoms with Gasteiger partial charge in [0.15, 0.2) is 0 Å². The summed E-state index contributed by atoms with van der Waals surface area (Å²) >= 11 is 0. The van der Waals surface area contributed by atoms with Crippen LogP contribution in [0.15, 0.2) is 22.8 Å². The largest absolute Gasteiger partial charge is 0.481 e. The first-order valence-corrected chi connectivity index (χ1v) is 6.48. The van der Waals surface area contributed by atoms with E-state index in [1.54, 1.807) is 18.4 Å². The second kappa shape index (κ2) is 6.42. The predicted molar refractivity (Wildman–Crippen MR) is 69.2 cm³/mol. The van der Waals surface area contributed by atoms with Gasteiger partial charge in [-0.3, -0.25) is 4.79 Å². The van der Waals surface area contributed by atoms with E-state index in [2.05, 4.69) is 5.32 Å². The second-order valence-corrected chi connectivity index (χ2v) is 4.71. The summed E-state index contributed by atoms with van der Waals surface area (Å²) in [6.07, 6.45) is 1.42. The van der Waals surface area contributed by atoms with Gasteiger partial charge in [0, 0.05) is 6.54 Å². The van der Waals surface area contributed by atoms with Gasteiger partial charge in [0.1, 0.15) is 5.76 Å². The maximum absolute atomic E-state index is 12.2. The standard InChI is InChI=1S/C13H18N2O5/c1-9(11-3-2-5-20-11)14-13(18)15-4-6-19-8-10(15)7-12(16)17/h2-3,5,9-10H,4,6-8H2,1H3,(H,14,18)(H,16,17). The Morgan fingerprint density at radius 3 is 3.05 bits per heavy atom. The van der Waals surface area contributed by atoms with Crippen LogP contribution in [0.5, 0.6) is 0 Å². The van der Waals surface area contributed by atoms with E-state index in [4.69, 9.17) is 14.3 Å². The molecule has 1 aromatic heterocycles. The zero-order valence-corrected chi connectivity index (χ0v) is 11.2. The summed E-state index contributed by atoms with van der Waals surface area (Å²) in [5.74, 6) is -0.293. The molecule has 2 amide bonds. The minimum Gasteiger partial charge on any atom is -0.481 e. The Hall–Kier alpha value is -2.02. The summed E-state index contributed by atoms with van der Waals surface area (Å²) in [4.78, 5) is 24.5. The van der Waals surface area contributed by atoms with Crippen LogP contribution < -0.4 is 5.32 Å². The number of rotatable bonds is 4. The molecule has 2 unspecified atom stereocenters. The number of nitrogens with zero attached hydrogens (tertiary/aromatic N) is 1. The number of hydrogen-bond donors (Lipinski definition) is 2. The van der Waals surface area contributed by atoms with Gasteiger partial charge in [-0.15, -0.1) is 0 Å². The van der Waals surface area contributed by atoms with Crippen LogP contribution in [0.2, 0.25) is 0 Å². The lowest BCUT2D eigenvalue weighted by atomic mass is 10.1. The molecule has 1 fully saturated rings. The lowest BCUT2D eigenvalue weighted by Crippen LogP contribution is -2.53. The molecule has 2 atom stereocenters. The van der Waals surface area contributed by atoms with Gasteiger partial charge in [0.25, 0.3) is 0 Å². The van der Waals surface area contributed by atoms with Crippen molar-refractivity contribution < 1.29 is 23.8 Å². The van der Waals surface area contributed by atoms with Crippen molar-refractivity contribution in [3.63, 3.8) is 0 Å². The molecule has 7 nitrogen and oxygen atoms in total. The highest BCUT2D eigenvalue weighted by atomic mass is 16.5. The van der Waals surface area contributed by atoms with E-state index in [-0.39, 0.29) is 25.1 Å². The van der Waals surface area contributed by atoms with Crippen molar-refractivity contribution in [3.8, 4) is 0 Å². The van der Waals surface area contributed by atoms with Crippen molar-refractivity contribution in [2.45, 2.75) is 25.4 Å². The molecule has 7 heteroatoms. The fourth-order valence-corrected chi connectivity index (χ4v) is 2.17. The number of furan rings is 1. The van der Waals surface area contributed by atoms with Crippen LogP contribution in [0.3, 0.4) is 0 Å². The zero-order chi connectivity index (χ0) is 14.5. The van der Waals surface area contributed by atoms with E-state index in [1.807, 2.05) is 6.92 Å². The van der Waals surface area contributed by atoms with Gasteiger partial charge in [-0.1, -0.05) is 0 Å². The molecule has 0 aromatic carbocycles. The lowest BCUT2D eigenvalue weighted by Gasteiger charge is -2.35. The van der Waals surface area contributed by atoms with Crippen molar-refractivity contribution in [2.75, 3.05) is 19.8 Å². The summed E-state index contributed by atoms with van der Waals surface area (Å²) in [7, 11) is 0. The van der Waals surface area contributed by atoms with Crippen molar-refractivity contribution in [2.24, 2.45) is 0 Å². The molecule has 2 N–H and O–H groups in total. The number of carbonyl (C=O) groups excluding carboxylic acids is 1. The van der Waals surface area contributed by atoms with Crippen molar-refractivity contribution in [1.29, 1.82) is 0 Å². The van der Waals surface area contributed by atoms with E-state index in [0.717, 1.165) is 0 Å². The average Bonchev–Trinajstić information content (AvgIpc) is 2.92. The SMILES string of the molecule is CC(NC(=O)N1CCOCC1CC(=O)O)c1ccco1. The van der Waals surface area contributed by atoms with Crippen molar-refractivity contribution in [3.05, 3.63) is 24.2 Å². The first-order valence-electron chi connectivity index (χ1n) is 6.48. The van der Waals surface area contributed by atoms with Crippen LogP contribution >= 0.6 is 0 Å². The van der Waals surface area contributed by atoms with Crippen molar-refractivity contribution >= 4 is 12.0 Å². The highest BCUT2D eigenvalue weighted by Gasteiger charge is 2.30. The zero-order valence-electron chi connectivity index (χ0n) is 11.2. The third-order valence-electron chi connectivity index (χ3n) is 3.21. The third kappa shape index (κ3) is 3.51. The minimum atomic E-state index is -0.947. The molecular weight excluding hydrogens is 264 g/mol. The monoisotopic (exact) mass is 282 g/mol. The van der Waals surface area contributed by atoms with E-state index < -0.39 is 12.0 Å². The molecule has 0 saturated carbocycles. The molecule has 2 heterocycles. The summed E-state index contributed by atoms with van der Waals surface area (Å²) in [6, 6.07) is 2.51. The number of carbonyl (C=O) groups is 2. The van der Waals surface area contributed by atoms with Crippen LogP contribution in [-0.4, -0.2) is 47.8 Å². The second-order valence-electron chi connectivity index (χ2n) is 4.71. The minimum absolute atomic E-state index is 0.122. The number of carboxylic acid groups (broad SMARTS) is 1. The van der Waals surface area contributed by atoms with Gasteiger partial charge in [-0.2, -0.15) is 0 Å². The van der Waals surface area contributed by atoms with Gasteiger partial charge < -0.3 is 24.5 Å². The van der Waals surface area contributed by atoms with E-state index >= 15 is 0 Å². The number of aliphatic carboxylic acids is 1. The van der Waals surface area contributed by atoms with Crippen molar-refractivity contribution in [1.82, 2.24) is 10.2 Å². The maximum Gasteiger partial charge on any atom is 0.318 e. The number of amides is 2. The Morgan fingerprint density at radius 1 is 1.60 bits per heavy atom. The number of carboxylic acids is 1. The van der Waals surface area contributed by atoms with Crippen LogP contribution in [0.25, 0.3) is 0 Å². The Kier molecular flexibility index (Phi) is 4.62. The molecule has 110 valence electrons. The number of hydrogen-bond acceptors (Lipinski definition) is 4. The highest BCUT2D eigenvalue weighted by Crippen LogP contribution is 2.15. The summed E-state index contributed by atoms with van der Waals surface area (Å²) in [5.41, 5.74) is 0. The Labute approximate surface area is 116 Å². The smallest absolute Gasteiger partial charge is 0.318 e. The highest BCUT2D eigenvalue weighted by molar-refractivity contribution is 5.76. The van der Waals surface area contributed by atoms with Gasteiger partial charge in [0.2, 0.25) is 0 Å². The molecule has 1 aromatic rings. The van der Waals surface area contributed by atoms with Crippen LogP contribution in [0.4, 0.5) is 4.79 Å². The number of ether oxygens (including phenoxy) is 1. The maximum atomic E-state index is 12.2. The predicted octanol–water partition coefficient (Wildman–Crippen LogP) is 1.23. The van der Waals surface area contributed by atoms with Gasteiger partial charge in [-0.25, -0.2) is 4.79 Å². The van der Waals surface area contributed by atoms with Crippen LogP contribution in [-0.2, 0) is 9.53 Å². The van der Waals surface area contributed by atoms with Gasteiger partial charge >= 0.3 is 12.0 Å². The number of urea groups is 1. The van der Waals surface area contributed by atoms with Gasteiger partial charge in [0.05, 0.1) is 38.0 Å². The molecule has 0 radical (unpaired) electrons. The lowest BCUT2D eigenvalue weighted by molar-refractivity contribution is -0.139. The van der Waals surface area contributed by atoms with Crippen LogP contribution in [0, 0.1) is 0 Å². The average molecular weight is 282 g/mol. The quantitative estimate of drug-likeness (QED) is 0.866. The molecule has 0 bridgehead atoms. The van der Waals surface area contributed by atoms with E-state index in [0.29, 0.717) is 18.9 Å². The molecule has 1 aliphatic heterocycles.